The molecule has 0 radical (unpaired) electrons. The summed E-state index contributed by atoms with van der Waals surface area (Å²) < 4.78 is 24.0. The van der Waals surface area contributed by atoms with Crippen LogP contribution in [0.25, 0.3) is 6.08 Å². The van der Waals surface area contributed by atoms with Crippen molar-refractivity contribution in [2.75, 3.05) is 6.61 Å². The van der Waals surface area contributed by atoms with E-state index in [4.69, 9.17) is 21.1 Å². The van der Waals surface area contributed by atoms with Crippen molar-refractivity contribution in [3.05, 3.63) is 80.7 Å². The number of carbonyl (C=O) groups excluding carboxylic acids is 2. The van der Waals surface area contributed by atoms with Crippen LogP contribution in [0.5, 0.6) is 5.75 Å². The second-order valence-electron chi connectivity index (χ2n) is 6.83. The molecule has 3 rings (SSSR count). The molecule has 1 amide bonds. The quantitative estimate of drug-likeness (QED) is 0.490. The van der Waals surface area contributed by atoms with Gasteiger partial charge in [-0.2, -0.15) is 0 Å². The number of hydrogen-bond donors (Lipinski definition) is 1. The topological polar surface area (TPSA) is 85.2 Å². The second kappa shape index (κ2) is 11.2. The maximum atomic E-state index is 13.3. The fourth-order valence-electron chi connectivity index (χ4n) is 2.85. The van der Waals surface area contributed by atoms with Crippen LogP contribution in [0.3, 0.4) is 0 Å². The van der Waals surface area contributed by atoms with Gasteiger partial charge in [0.05, 0.1) is 16.5 Å². The summed E-state index contributed by atoms with van der Waals surface area (Å²) in [5, 5.41) is 11.0. The predicted octanol–water partition coefficient (Wildman–Crippen LogP) is 5.86. The van der Waals surface area contributed by atoms with Gasteiger partial charge in [-0.25, -0.2) is 14.2 Å². The van der Waals surface area contributed by atoms with Crippen molar-refractivity contribution in [1.82, 2.24) is 0 Å². The number of benzene rings is 2. The Hall–Kier alpha value is -3.10. The van der Waals surface area contributed by atoms with Crippen molar-refractivity contribution in [3.8, 4) is 5.75 Å². The molecule has 0 atom stereocenters. The van der Waals surface area contributed by atoms with Crippen LogP contribution in [-0.2, 0) is 20.9 Å². The largest absolute Gasteiger partial charge is 0.506 e. The number of hydrogen-bond acceptors (Lipinski definition) is 6. The van der Waals surface area contributed by atoms with Crippen molar-refractivity contribution in [2.24, 2.45) is 4.99 Å². The van der Waals surface area contributed by atoms with Gasteiger partial charge in [-0.15, -0.1) is 0 Å². The highest BCUT2D eigenvalue weighted by atomic mass is 35.5. The van der Waals surface area contributed by atoms with E-state index >= 15 is 0 Å². The smallest absolute Gasteiger partial charge is 0.344 e. The van der Waals surface area contributed by atoms with Crippen molar-refractivity contribution in [2.45, 2.75) is 26.9 Å². The molecule has 0 unspecified atom stereocenters. The summed E-state index contributed by atoms with van der Waals surface area (Å²) in [6.45, 7) is 3.55. The molecule has 0 saturated carbocycles. The summed E-state index contributed by atoms with van der Waals surface area (Å²) in [5.74, 6) is -1.44. The molecule has 0 saturated heterocycles. The minimum absolute atomic E-state index is 0.0881. The Morgan fingerprint density at radius 3 is 2.67 bits per heavy atom. The number of esters is 1. The number of thioether (sulfide) groups is 1. The Kier molecular flexibility index (Phi) is 8.30. The lowest BCUT2D eigenvalue weighted by Gasteiger charge is -2.09. The van der Waals surface area contributed by atoms with Crippen LogP contribution in [0.2, 0.25) is 5.02 Å². The molecule has 33 heavy (non-hydrogen) atoms. The zero-order chi connectivity index (χ0) is 24.0. The molecule has 0 bridgehead atoms. The van der Waals surface area contributed by atoms with Gasteiger partial charge in [-0.05, 0) is 48.4 Å². The number of nitrogens with zero attached hydrogens (tertiary/aromatic N) is 1. The van der Waals surface area contributed by atoms with Gasteiger partial charge in [0.15, 0.2) is 0 Å². The average Bonchev–Trinajstić information content (AvgIpc) is 3.07. The van der Waals surface area contributed by atoms with Crippen LogP contribution in [0.1, 0.15) is 31.4 Å². The summed E-state index contributed by atoms with van der Waals surface area (Å²) >= 11 is 7.33. The normalized spacial score (nSPS) is 15.9. The van der Waals surface area contributed by atoms with Gasteiger partial charge >= 0.3 is 5.97 Å². The van der Waals surface area contributed by atoms with Crippen LogP contribution in [0.15, 0.2) is 63.7 Å². The first-order valence-electron chi connectivity index (χ1n) is 10.1. The number of ether oxygens (including phenoxy) is 2. The Bertz CT molecular complexity index is 1180. The third kappa shape index (κ3) is 6.24. The fraction of sp³-hybridized carbons (Fsp3) is 0.208. The maximum absolute atomic E-state index is 13.3. The molecule has 0 aliphatic carbocycles. The Morgan fingerprint density at radius 2 is 2.00 bits per heavy atom. The van der Waals surface area contributed by atoms with Gasteiger partial charge < -0.3 is 14.6 Å². The van der Waals surface area contributed by atoms with Crippen LogP contribution < -0.4 is 4.74 Å². The number of rotatable bonds is 7. The average molecular weight is 490 g/mol. The number of halogens is 2. The van der Waals surface area contributed by atoms with Crippen LogP contribution >= 0.6 is 23.4 Å². The number of carbonyl (C=O) groups is 2. The molecular weight excluding hydrogens is 469 g/mol. The second-order valence-corrected chi connectivity index (χ2v) is 8.27. The third-order valence-corrected chi connectivity index (χ3v) is 5.75. The minimum atomic E-state index is -0.757. The van der Waals surface area contributed by atoms with Crippen molar-refractivity contribution >= 4 is 46.4 Å². The van der Waals surface area contributed by atoms with Gasteiger partial charge in [0.25, 0.3) is 0 Å². The number of amides is 1. The summed E-state index contributed by atoms with van der Waals surface area (Å²) in [4.78, 5) is 28.4. The van der Waals surface area contributed by atoms with Gasteiger partial charge in [-0.3, -0.25) is 4.79 Å². The van der Waals surface area contributed by atoms with E-state index in [-0.39, 0.29) is 41.8 Å². The van der Waals surface area contributed by atoms with Crippen LogP contribution in [0, 0.1) is 5.82 Å². The van der Waals surface area contributed by atoms with E-state index in [1.807, 2.05) is 0 Å². The first-order chi connectivity index (χ1) is 15.8. The van der Waals surface area contributed by atoms with E-state index in [1.54, 1.807) is 50.3 Å². The van der Waals surface area contributed by atoms with Gasteiger partial charge in [-0.1, -0.05) is 48.5 Å². The highest BCUT2D eigenvalue weighted by Gasteiger charge is 2.33. The summed E-state index contributed by atoms with van der Waals surface area (Å²) in [7, 11) is 0. The third-order valence-electron chi connectivity index (χ3n) is 4.44. The van der Waals surface area contributed by atoms with Crippen molar-refractivity contribution < 1.29 is 28.6 Å². The molecule has 1 N–H and O–H groups in total. The SMILES string of the molecule is CCOC(=O)C1=C(O)/C(=C/c2ccc(OCc3cccc(F)c3)c(Cl)c2)SC1=NC(=O)CC. The van der Waals surface area contributed by atoms with E-state index in [1.165, 1.54) is 12.1 Å². The Morgan fingerprint density at radius 1 is 1.21 bits per heavy atom. The zero-order valence-corrected chi connectivity index (χ0v) is 19.5. The minimum Gasteiger partial charge on any atom is -0.506 e. The highest BCUT2D eigenvalue weighted by molar-refractivity contribution is 8.18. The highest BCUT2D eigenvalue weighted by Crippen LogP contribution is 2.40. The lowest BCUT2D eigenvalue weighted by molar-refractivity contribution is -0.138. The van der Waals surface area contributed by atoms with Crippen LogP contribution in [-0.4, -0.2) is 28.6 Å². The first-order valence-corrected chi connectivity index (χ1v) is 11.3. The number of aliphatic hydroxyl groups is 1. The predicted molar refractivity (Wildman–Crippen MR) is 127 cm³/mol. The van der Waals surface area contributed by atoms with E-state index in [9.17, 15) is 19.1 Å². The molecule has 1 aliphatic heterocycles. The lowest BCUT2D eigenvalue weighted by atomic mass is 10.1. The Labute approximate surface area is 199 Å². The zero-order valence-electron chi connectivity index (χ0n) is 17.9. The fourth-order valence-corrected chi connectivity index (χ4v) is 4.12. The summed E-state index contributed by atoms with van der Waals surface area (Å²) in [5.41, 5.74) is 1.14. The molecule has 2 aromatic carbocycles. The molecule has 2 aromatic rings. The molecule has 0 aromatic heterocycles. The van der Waals surface area contributed by atoms with Gasteiger partial charge in [0.1, 0.15) is 34.5 Å². The molecule has 1 heterocycles. The van der Waals surface area contributed by atoms with E-state index in [2.05, 4.69) is 4.99 Å². The molecular formula is C24H21ClFNO5S. The van der Waals surface area contributed by atoms with Gasteiger partial charge in [0, 0.05) is 6.42 Å². The standard InChI is InChI=1S/C24H21ClFNO5S/c1-3-20(28)27-23-21(24(30)31-4-2)22(29)19(33-23)12-14-8-9-18(17(25)11-14)32-13-15-6-5-7-16(26)10-15/h5-12,29H,3-4,13H2,1-2H3/b19-12-,27-23?. The van der Waals surface area contributed by atoms with Gasteiger partial charge in [0.2, 0.25) is 5.91 Å². The Balaban J connectivity index is 1.84. The molecule has 9 heteroatoms. The monoisotopic (exact) mass is 489 g/mol. The summed E-state index contributed by atoms with van der Waals surface area (Å²) in [6.07, 6.45) is 1.77. The van der Waals surface area contributed by atoms with E-state index in [0.717, 1.165) is 11.8 Å². The van der Waals surface area contributed by atoms with E-state index < -0.39 is 11.9 Å². The van der Waals surface area contributed by atoms with Crippen molar-refractivity contribution in [1.29, 1.82) is 0 Å². The van der Waals surface area contributed by atoms with Crippen LogP contribution in [0.4, 0.5) is 4.39 Å². The lowest BCUT2D eigenvalue weighted by Crippen LogP contribution is -2.14. The summed E-state index contributed by atoms with van der Waals surface area (Å²) in [6, 6.07) is 11.1. The first kappa shape index (κ1) is 24.5. The molecule has 6 nitrogen and oxygen atoms in total. The molecule has 172 valence electrons. The number of aliphatic imine (C=N–C) groups is 1. The maximum Gasteiger partial charge on any atom is 0.344 e. The van der Waals surface area contributed by atoms with E-state index in [0.29, 0.717) is 26.8 Å². The number of aliphatic hydroxyl groups excluding tert-OH is 1. The molecule has 1 aliphatic rings. The molecule has 0 fully saturated rings. The molecule has 0 spiro atoms. The van der Waals surface area contributed by atoms with Crippen molar-refractivity contribution in [3.63, 3.8) is 0 Å².